The van der Waals surface area contributed by atoms with E-state index in [1.807, 2.05) is 6.07 Å². The first-order valence-electron chi connectivity index (χ1n) is 6.86. The van der Waals surface area contributed by atoms with Crippen molar-refractivity contribution in [3.63, 3.8) is 0 Å². The third-order valence-corrected chi connectivity index (χ3v) is 3.25. The van der Waals surface area contributed by atoms with Crippen LogP contribution < -0.4 is 5.73 Å². The van der Waals surface area contributed by atoms with E-state index in [0.717, 1.165) is 25.3 Å². The quantitative estimate of drug-likeness (QED) is 0.834. The summed E-state index contributed by atoms with van der Waals surface area (Å²) in [6.45, 7) is 3.25. The summed E-state index contributed by atoms with van der Waals surface area (Å²) in [7, 11) is 2.14. The van der Waals surface area contributed by atoms with Gasteiger partial charge >= 0.3 is 0 Å². The van der Waals surface area contributed by atoms with Crippen molar-refractivity contribution in [3.8, 4) is 11.8 Å². The third kappa shape index (κ3) is 4.68. The van der Waals surface area contributed by atoms with Gasteiger partial charge in [0, 0.05) is 25.3 Å². The summed E-state index contributed by atoms with van der Waals surface area (Å²) in [6.07, 6.45) is 2.79. The number of hydrogen-bond acceptors (Lipinski definition) is 3. The molecule has 3 nitrogen and oxygen atoms in total. The fraction of sp³-hybridized carbons (Fsp3) is 0.500. The van der Waals surface area contributed by atoms with Crippen LogP contribution in [0.1, 0.15) is 24.0 Å². The van der Waals surface area contributed by atoms with Gasteiger partial charge < -0.3 is 10.5 Å². The van der Waals surface area contributed by atoms with E-state index in [4.69, 9.17) is 10.5 Å². The van der Waals surface area contributed by atoms with E-state index < -0.39 is 0 Å². The number of benzene rings is 1. The Balaban J connectivity index is 1.90. The summed E-state index contributed by atoms with van der Waals surface area (Å²) < 4.78 is 5.66. The Morgan fingerprint density at radius 3 is 3.11 bits per heavy atom. The molecule has 1 saturated heterocycles. The summed E-state index contributed by atoms with van der Waals surface area (Å²) in [4.78, 5) is 2.31. The zero-order valence-electron chi connectivity index (χ0n) is 11.6. The predicted molar refractivity (Wildman–Crippen MR) is 77.7 cm³/mol. The average molecular weight is 258 g/mol. The molecule has 0 bridgehead atoms. The minimum absolute atomic E-state index is 0.406. The normalized spacial score (nSPS) is 18.4. The zero-order valence-corrected chi connectivity index (χ0v) is 11.6. The summed E-state index contributed by atoms with van der Waals surface area (Å²) in [5, 5.41) is 0. The SMILES string of the molecule is CN(Cc1cccc(C#CCN)c1)CC1CCCO1. The Labute approximate surface area is 115 Å². The molecule has 0 aliphatic carbocycles. The first-order chi connectivity index (χ1) is 9.28. The molecule has 0 radical (unpaired) electrons. The van der Waals surface area contributed by atoms with Gasteiger partial charge in [-0.1, -0.05) is 24.0 Å². The van der Waals surface area contributed by atoms with Gasteiger partial charge in [0.15, 0.2) is 0 Å². The molecule has 2 N–H and O–H groups in total. The topological polar surface area (TPSA) is 38.5 Å². The number of rotatable bonds is 4. The first-order valence-corrected chi connectivity index (χ1v) is 6.86. The van der Waals surface area contributed by atoms with E-state index in [2.05, 4.69) is 42.0 Å². The van der Waals surface area contributed by atoms with Crippen LogP contribution in [0, 0.1) is 11.8 Å². The number of nitrogens with two attached hydrogens (primary N) is 1. The van der Waals surface area contributed by atoms with Crippen LogP contribution in [0.25, 0.3) is 0 Å². The fourth-order valence-corrected chi connectivity index (χ4v) is 2.41. The zero-order chi connectivity index (χ0) is 13.5. The lowest BCUT2D eigenvalue weighted by molar-refractivity contribution is 0.0793. The lowest BCUT2D eigenvalue weighted by Crippen LogP contribution is -2.28. The van der Waals surface area contributed by atoms with Crippen LogP contribution in [0.2, 0.25) is 0 Å². The summed E-state index contributed by atoms with van der Waals surface area (Å²) in [5.74, 6) is 5.96. The maximum Gasteiger partial charge on any atom is 0.0702 e. The lowest BCUT2D eigenvalue weighted by atomic mass is 10.1. The minimum atomic E-state index is 0.406. The van der Waals surface area contributed by atoms with Gasteiger partial charge in [-0.05, 0) is 37.6 Å². The van der Waals surface area contributed by atoms with Gasteiger partial charge in [0.1, 0.15) is 0 Å². The molecule has 1 aliphatic heterocycles. The van der Waals surface area contributed by atoms with Crippen molar-refractivity contribution < 1.29 is 4.74 Å². The number of ether oxygens (including phenoxy) is 1. The summed E-state index contributed by atoms with van der Waals surface area (Å²) in [6, 6.07) is 8.34. The second-order valence-corrected chi connectivity index (χ2v) is 5.04. The molecule has 0 saturated carbocycles. The van der Waals surface area contributed by atoms with Crippen molar-refractivity contribution in [3.05, 3.63) is 35.4 Å². The van der Waals surface area contributed by atoms with Crippen LogP contribution in [0.5, 0.6) is 0 Å². The lowest BCUT2D eigenvalue weighted by Gasteiger charge is -2.20. The van der Waals surface area contributed by atoms with Gasteiger partial charge in [-0.15, -0.1) is 0 Å². The molecule has 1 aromatic rings. The Kier molecular flexibility index (Phi) is 5.41. The highest BCUT2D eigenvalue weighted by atomic mass is 16.5. The first kappa shape index (κ1) is 14.1. The molecule has 1 fully saturated rings. The van der Waals surface area contributed by atoms with Crippen LogP contribution in [0.3, 0.4) is 0 Å². The Bertz CT molecular complexity index is 455. The molecule has 1 atom stereocenters. The van der Waals surface area contributed by atoms with Crippen LogP contribution >= 0.6 is 0 Å². The molecule has 0 aromatic heterocycles. The van der Waals surface area contributed by atoms with Crippen molar-refractivity contribution in [2.75, 3.05) is 26.7 Å². The third-order valence-electron chi connectivity index (χ3n) is 3.25. The highest BCUT2D eigenvalue weighted by Crippen LogP contribution is 2.14. The van der Waals surface area contributed by atoms with E-state index in [-0.39, 0.29) is 0 Å². The van der Waals surface area contributed by atoms with Crippen LogP contribution in [0.15, 0.2) is 24.3 Å². The predicted octanol–water partition coefficient (Wildman–Crippen LogP) is 1.61. The maximum absolute atomic E-state index is 5.66. The highest BCUT2D eigenvalue weighted by Gasteiger charge is 2.17. The molecule has 19 heavy (non-hydrogen) atoms. The van der Waals surface area contributed by atoms with Gasteiger partial charge in [0.2, 0.25) is 0 Å². The van der Waals surface area contributed by atoms with Gasteiger partial charge in [-0.2, -0.15) is 0 Å². The monoisotopic (exact) mass is 258 g/mol. The Morgan fingerprint density at radius 2 is 2.37 bits per heavy atom. The smallest absolute Gasteiger partial charge is 0.0702 e. The highest BCUT2D eigenvalue weighted by molar-refractivity contribution is 5.37. The van der Waals surface area contributed by atoms with Crippen molar-refractivity contribution in [2.45, 2.75) is 25.5 Å². The van der Waals surface area contributed by atoms with Crippen molar-refractivity contribution in [2.24, 2.45) is 5.73 Å². The van der Waals surface area contributed by atoms with Gasteiger partial charge in [0.25, 0.3) is 0 Å². The number of nitrogens with zero attached hydrogens (tertiary/aromatic N) is 1. The van der Waals surface area contributed by atoms with Crippen molar-refractivity contribution >= 4 is 0 Å². The van der Waals surface area contributed by atoms with E-state index in [1.165, 1.54) is 18.4 Å². The molecule has 0 amide bonds. The Hall–Kier alpha value is -1.34. The number of hydrogen-bond donors (Lipinski definition) is 1. The van der Waals surface area contributed by atoms with E-state index in [9.17, 15) is 0 Å². The van der Waals surface area contributed by atoms with Crippen molar-refractivity contribution in [1.82, 2.24) is 4.90 Å². The fourth-order valence-electron chi connectivity index (χ4n) is 2.41. The van der Waals surface area contributed by atoms with Crippen LogP contribution in [-0.4, -0.2) is 37.7 Å². The van der Waals surface area contributed by atoms with E-state index >= 15 is 0 Å². The largest absolute Gasteiger partial charge is 0.377 e. The van der Waals surface area contributed by atoms with Gasteiger partial charge in [0.05, 0.1) is 12.6 Å². The van der Waals surface area contributed by atoms with Crippen LogP contribution in [-0.2, 0) is 11.3 Å². The summed E-state index contributed by atoms with van der Waals surface area (Å²) in [5.41, 5.74) is 7.71. The molecular weight excluding hydrogens is 236 g/mol. The summed E-state index contributed by atoms with van der Waals surface area (Å²) >= 11 is 0. The molecule has 1 unspecified atom stereocenters. The molecular formula is C16H22N2O. The van der Waals surface area contributed by atoms with Crippen molar-refractivity contribution in [1.29, 1.82) is 0 Å². The molecule has 1 aliphatic rings. The van der Waals surface area contributed by atoms with E-state index in [1.54, 1.807) is 0 Å². The standard InChI is InChI=1S/C16H22N2O/c1-18(13-16-8-4-10-19-16)12-15-6-2-5-14(11-15)7-3-9-17/h2,5-6,11,16H,4,8-10,12-13,17H2,1H3. The number of likely N-dealkylation sites (N-methyl/N-ethyl adjacent to an activating group) is 1. The second kappa shape index (κ2) is 7.30. The van der Waals surface area contributed by atoms with Crippen LogP contribution in [0.4, 0.5) is 0 Å². The molecule has 2 rings (SSSR count). The van der Waals surface area contributed by atoms with Gasteiger partial charge in [-0.25, -0.2) is 0 Å². The maximum atomic E-state index is 5.66. The average Bonchev–Trinajstić information content (AvgIpc) is 2.89. The van der Waals surface area contributed by atoms with E-state index in [0.29, 0.717) is 12.6 Å². The molecule has 102 valence electrons. The molecule has 1 heterocycles. The Morgan fingerprint density at radius 1 is 1.47 bits per heavy atom. The minimum Gasteiger partial charge on any atom is -0.377 e. The van der Waals surface area contributed by atoms with Gasteiger partial charge in [-0.3, -0.25) is 4.90 Å². The molecule has 1 aromatic carbocycles. The molecule has 3 heteroatoms. The molecule has 0 spiro atoms. The second-order valence-electron chi connectivity index (χ2n) is 5.04.